The van der Waals surface area contributed by atoms with Gasteiger partial charge in [0, 0.05) is 37.5 Å². The van der Waals surface area contributed by atoms with Crippen LogP contribution >= 0.6 is 22.9 Å². The number of nitrogens with zero attached hydrogens (tertiary/aromatic N) is 5. The number of amides is 1. The van der Waals surface area contributed by atoms with Crippen molar-refractivity contribution in [2.75, 3.05) is 50.5 Å². The Morgan fingerprint density at radius 3 is 2.96 bits per heavy atom. The second-order valence-corrected chi connectivity index (χ2v) is 13.0. The van der Waals surface area contributed by atoms with Gasteiger partial charge in [-0.1, -0.05) is 17.7 Å². The fraction of sp³-hybridized carbons (Fsp3) is 0.400. The molecule has 2 fully saturated rings. The molecule has 45 heavy (non-hydrogen) atoms. The lowest BCUT2D eigenvalue weighted by atomic mass is 9.95. The fourth-order valence-corrected chi connectivity index (χ4v) is 8.21. The Bertz CT molecular complexity index is 1920. The molecule has 7 rings (SSSR count). The van der Waals surface area contributed by atoms with Gasteiger partial charge in [0.2, 0.25) is 6.41 Å². The van der Waals surface area contributed by atoms with Gasteiger partial charge in [-0.15, -0.1) is 11.3 Å². The van der Waals surface area contributed by atoms with Gasteiger partial charge < -0.3 is 25.4 Å². The molecule has 3 aliphatic rings. The Balaban J connectivity index is 1.44. The number of alkyl halides is 1. The maximum Gasteiger partial charge on any atom is 0.319 e. The molecule has 5 heterocycles. The molecule has 2 aromatic carbocycles. The van der Waals surface area contributed by atoms with Crippen molar-refractivity contribution in [2.45, 2.75) is 37.0 Å². The first-order valence-electron chi connectivity index (χ1n) is 14.4. The van der Waals surface area contributed by atoms with Crippen LogP contribution < -0.4 is 25.4 Å². The van der Waals surface area contributed by atoms with Crippen molar-refractivity contribution in [1.82, 2.24) is 20.2 Å². The zero-order valence-corrected chi connectivity index (χ0v) is 25.6. The fourth-order valence-electron chi connectivity index (χ4n) is 6.93. The number of nitrogens with one attached hydrogen (secondary N) is 1. The number of hydrogen-bond acceptors (Lipinski definition) is 10. The minimum absolute atomic E-state index is 0.00193. The van der Waals surface area contributed by atoms with Crippen LogP contribution in [0, 0.1) is 23.0 Å². The van der Waals surface area contributed by atoms with E-state index in [1.54, 1.807) is 11.9 Å². The highest BCUT2D eigenvalue weighted by molar-refractivity contribution is 7.23. The summed E-state index contributed by atoms with van der Waals surface area (Å²) >= 11 is 7.80. The second kappa shape index (κ2) is 11.1. The number of ether oxygens (including phenoxy) is 2. The summed E-state index contributed by atoms with van der Waals surface area (Å²) in [6.07, 6.45) is 1.59. The number of hydrogen-bond donors (Lipinski definition) is 2. The van der Waals surface area contributed by atoms with Crippen LogP contribution in [0.2, 0.25) is 5.02 Å². The van der Waals surface area contributed by atoms with E-state index < -0.39 is 29.4 Å². The van der Waals surface area contributed by atoms with Crippen molar-refractivity contribution in [3.05, 3.63) is 34.4 Å². The first kappa shape index (κ1) is 29.6. The summed E-state index contributed by atoms with van der Waals surface area (Å²) in [6, 6.07) is 3.93. The van der Waals surface area contributed by atoms with E-state index in [0.717, 1.165) is 36.8 Å². The lowest BCUT2D eigenvalue weighted by molar-refractivity contribution is -0.109. The molecule has 15 heteroatoms. The summed E-state index contributed by atoms with van der Waals surface area (Å²) in [7, 11) is 1.72. The minimum Gasteiger partial charge on any atom is -0.489 e. The highest BCUT2D eigenvalue weighted by Crippen LogP contribution is 2.51. The van der Waals surface area contributed by atoms with Gasteiger partial charge in [-0.25, -0.2) is 13.2 Å². The molecule has 2 saturated heterocycles. The normalized spacial score (nSPS) is 22.7. The second-order valence-electron chi connectivity index (χ2n) is 11.6. The van der Waals surface area contributed by atoms with Gasteiger partial charge in [0.25, 0.3) is 0 Å². The van der Waals surface area contributed by atoms with Gasteiger partial charge >= 0.3 is 6.01 Å². The van der Waals surface area contributed by atoms with Crippen LogP contribution in [0.1, 0.15) is 24.8 Å². The van der Waals surface area contributed by atoms with Gasteiger partial charge in [-0.2, -0.15) is 15.2 Å². The van der Waals surface area contributed by atoms with Gasteiger partial charge in [0.15, 0.2) is 11.6 Å². The summed E-state index contributed by atoms with van der Waals surface area (Å²) in [5, 5.41) is 12.8. The SMILES string of the molecule is CN1c2nc(OC[C@@]34CCCN3C[C@H](F)C4)nc3c(F)c(-c4ccc(F)c5sc(N)c(C#N)c45)c(Cl)c(c23)OC[C@@H]1CNC=O. The van der Waals surface area contributed by atoms with Crippen molar-refractivity contribution in [1.29, 1.82) is 5.26 Å². The summed E-state index contributed by atoms with van der Waals surface area (Å²) in [6.45, 7) is 1.43. The molecular weight excluding hydrogens is 631 g/mol. The van der Waals surface area contributed by atoms with E-state index in [1.165, 1.54) is 6.07 Å². The predicted octanol–water partition coefficient (Wildman–Crippen LogP) is 4.80. The smallest absolute Gasteiger partial charge is 0.319 e. The maximum atomic E-state index is 16.9. The minimum atomic E-state index is -0.966. The number of nitriles is 1. The average Bonchev–Trinajstić information content (AvgIpc) is 3.64. The van der Waals surface area contributed by atoms with E-state index in [2.05, 4.69) is 20.2 Å². The summed E-state index contributed by atoms with van der Waals surface area (Å²) in [4.78, 5) is 24.1. The molecule has 0 saturated carbocycles. The number of halogens is 4. The Labute approximate surface area is 264 Å². The van der Waals surface area contributed by atoms with E-state index in [4.69, 9.17) is 26.8 Å². The first-order chi connectivity index (χ1) is 21.7. The van der Waals surface area contributed by atoms with E-state index in [0.29, 0.717) is 19.4 Å². The topological polar surface area (TPSA) is 130 Å². The summed E-state index contributed by atoms with van der Waals surface area (Å²) < 4.78 is 58.6. The number of rotatable bonds is 7. The van der Waals surface area contributed by atoms with E-state index in [9.17, 15) is 18.8 Å². The predicted molar refractivity (Wildman–Crippen MR) is 165 cm³/mol. The van der Waals surface area contributed by atoms with Crippen molar-refractivity contribution in [3.8, 4) is 29.0 Å². The third-order valence-corrected chi connectivity index (χ3v) is 10.5. The number of carbonyl (C=O) groups is 1. The van der Waals surface area contributed by atoms with E-state index >= 15 is 4.39 Å². The number of anilines is 2. The number of likely N-dealkylation sites (N-methyl/N-ethyl adjacent to an activating group) is 1. The van der Waals surface area contributed by atoms with Crippen LogP contribution in [0.4, 0.5) is 24.0 Å². The molecule has 0 aliphatic carbocycles. The van der Waals surface area contributed by atoms with Crippen LogP contribution in [0.25, 0.3) is 32.1 Å². The number of fused-ring (bicyclic) bond motifs is 2. The van der Waals surface area contributed by atoms with Crippen molar-refractivity contribution in [3.63, 3.8) is 0 Å². The monoisotopic (exact) mass is 657 g/mol. The number of benzene rings is 2. The standard InChI is InChI=1S/C30H27ClF3N7O3S/c1-40-15(9-37-13-42)11-43-25-21-24(38-29(39-28(21)40)44-12-30-5-2-6-41(30)10-14(32)7-30)23(34)20(22(25)31)16-3-4-18(33)26-19(16)17(8-35)27(36)45-26/h3-4,13-15H,2,5-7,9-12,36H2,1H3,(H,37,42)/t14-,15+,30+/m1/s1. The van der Waals surface area contributed by atoms with Crippen LogP contribution in [0.5, 0.6) is 11.8 Å². The van der Waals surface area contributed by atoms with Crippen LogP contribution in [0.15, 0.2) is 12.1 Å². The Morgan fingerprint density at radius 1 is 1.36 bits per heavy atom. The number of carbonyl (C=O) groups excluding carboxylic acids is 1. The van der Waals surface area contributed by atoms with Crippen molar-refractivity contribution in [2.24, 2.45) is 0 Å². The quantitative estimate of drug-likeness (QED) is 0.269. The van der Waals surface area contributed by atoms with Crippen LogP contribution in [0.3, 0.4) is 0 Å². The molecular formula is C30H27ClF3N7O3S. The average molecular weight is 658 g/mol. The number of thiophene rings is 1. The molecule has 2 aromatic heterocycles. The summed E-state index contributed by atoms with van der Waals surface area (Å²) in [5.74, 6) is -1.14. The van der Waals surface area contributed by atoms with Crippen LogP contribution in [-0.2, 0) is 4.79 Å². The highest BCUT2D eigenvalue weighted by Gasteiger charge is 2.49. The third-order valence-electron chi connectivity index (χ3n) is 9.11. The molecule has 0 radical (unpaired) electrons. The molecule has 3 atom stereocenters. The molecule has 0 spiro atoms. The number of aromatic nitrogens is 2. The van der Waals surface area contributed by atoms with E-state index in [1.807, 2.05) is 6.07 Å². The highest BCUT2D eigenvalue weighted by atomic mass is 35.5. The molecule has 0 bridgehead atoms. The molecule has 0 unspecified atom stereocenters. The lowest BCUT2D eigenvalue weighted by Crippen LogP contribution is -2.44. The van der Waals surface area contributed by atoms with Gasteiger partial charge in [0.05, 0.1) is 32.3 Å². The first-order valence-corrected chi connectivity index (χ1v) is 15.5. The number of nitrogen functional groups attached to an aromatic ring is 1. The zero-order chi connectivity index (χ0) is 31.6. The van der Waals surface area contributed by atoms with E-state index in [-0.39, 0.29) is 85.0 Å². The Kier molecular flexibility index (Phi) is 7.30. The molecule has 10 nitrogen and oxygen atoms in total. The largest absolute Gasteiger partial charge is 0.489 e. The van der Waals surface area contributed by atoms with Gasteiger partial charge in [0.1, 0.15) is 47.6 Å². The van der Waals surface area contributed by atoms with Crippen molar-refractivity contribution >= 4 is 61.2 Å². The lowest BCUT2D eigenvalue weighted by Gasteiger charge is -2.31. The molecule has 234 valence electrons. The Hall–Kier alpha value is -4.06. The van der Waals surface area contributed by atoms with Crippen molar-refractivity contribution < 1.29 is 27.4 Å². The zero-order valence-electron chi connectivity index (χ0n) is 24.0. The number of nitrogens with two attached hydrogens (primary N) is 1. The molecule has 4 aromatic rings. The van der Waals surface area contributed by atoms with Gasteiger partial charge in [-0.05, 0) is 31.0 Å². The summed E-state index contributed by atoms with van der Waals surface area (Å²) in [5.41, 5.74) is 5.36. The molecule has 3 aliphatic heterocycles. The van der Waals surface area contributed by atoms with Gasteiger partial charge in [-0.3, -0.25) is 9.69 Å². The molecule has 3 N–H and O–H groups in total. The Morgan fingerprint density at radius 2 is 2.18 bits per heavy atom. The maximum absolute atomic E-state index is 16.9. The molecule has 1 amide bonds. The van der Waals surface area contributed by atoms with Crippen LogP contribution in [-0.4, -0.2) is 78.9 Å². The third kappa shape index (κ3) is 4.59.